The first-order valence-corrected chi connectivity index (χ1v) is 8.03. The van der Waals surface area contributed by atoms with Gasteiger partial charge in [0.15, 0.2) is 5.13 Å². The molecule has 108 valence electrons. The molecule has 5 heteroatoms. The van der Waals surface area contributed by atoms with Crippen molar-refractivity contribution < 1.29 is 0 Å². The summed E-state index contributed by atoms with van der Waals surface area (Å²) >= 11 is 7.94. The number of nitrogens with one attached hydrogen (secondary N) is 1. The molecule has 0 spiro atoms. The molecule has 3 nitrogen and oxygen atoms in total. The Morgan fingerprint density at radius 2 is 2.05 bits per heavy atom. The summed E-state index contributed by atoms with van der Waals surface area (Å²) in [4.78, 5) is 7.95. The molecule has 1 aromatic heterocycles. The highest BCUT2D eigenvalue weighted by Crippen LogP contribution is 2.26. The summed E-state index contributed by atoms with van der Waals surface area (Å²) in [5.41, 5.74) is 2.14. The average Bonchev–Trinajstić information content (AvgIpc) is 2.88. The second kappa shape index (κ2) is 6.95. The number of rotatable bonds is 6. The van der Waals surface area contributed by atoms with Crippen LogP contribution in [-0.2, 0) is 6.54 Å². The standard InChI is InChI=1S/C15H20ClN3S/c1-4-19(5-2)15-18-10-12(20-15)9-17-14-7-6-11(3)8-13(14)16/h6-8,10,17H,4-5,9H2,1-3H3. The van der Waals surface area contributed by atoms with Crippen molar-refractivity contribution >= 4 is 33.8 Å². The third-order valence-corrected chi connectivity index (χ3v) is 4.52. The van der Waals surface area contributed by atoms with E-state index in [0.717, 1.165) is 35.5 Å². The van der Waals surface area contributed by atoms with Crippen LogP contribution in [-0.4, -0.2) is 18.1 Å². The zero-order valence-corrected chi connectivity index (χ0v) is 13.7. The highest BCUT2D eigenvalue weighted by atomic mass is 35.5. The third-order valence-electron chi connectivity index (χ3n) is 3.15. The molecule has 20 heavy (non-hydrogen) atoms. The molecule has 1 aromatic carbocycles. The summed E-state index contributed by atoms with van der Waals surface area (Å²) in [6.45, 7) is 9.06. The summed E-state index contributed by atoms with van der Waals surface area (Å²) in [6, 6.07) is 6.05. The number of halogens is 1. The van der Waals surface area contributed by atoms with E-state index in [0.29, 0.717) is 0 Å². The minimum atomic E-state index is 0.752. The van der Waals surface area contributed by atoms with Gasteiger partial charge in [0.2, 0.25) is 0 Å². The molecule has 2 rings (SSSR count). The Hall–Kier alpha value is -1.26. The maximum absolute atomic E-state index is 6.21. The first-order valence-electron chi connectivity index (χ1n) is 6.83. The van der Waals surface area contributed by atoms with Gasteiger partial charge in [-0.3, -0.25) is 0 Å². The van der Waals surface area contributed by atoms with Crippen LogP contribution in [0.25, 0.3) is 0 Å². The first-order chi connectivity index (χ1) is 9.63. The van der Waals surface area contributed by atoms with Gasteiger partial charge in [0.25, 0.3) is 0 Å². The van der Waals surface area contributed by atoms with Gasteiger partial charge >= 0.3 is 0 Å². The Bertz CT molecular complexity index is 564. The van der Waals surface area contributed by atoms with Crippen molar-refractivity contribution in [2.24, 2.45) is 0 Å². The summed E-state index contributed by atoms with van der Waals surface area (Å²) in [6.07, 6.45) is 1.94. The van der Waals surface area contributed by atoms with Crippen molar-refractivity contribution in [2.75, 3.05) is 23.3 Å². The van der Waals surface area contributed by atoms with E-state index in [1.54, 1.807) is 11.3 Å². The predicted molar refractivity (Wildman–Crippen MR) is 89.2 cm³/mol. The van der Waals surface area contributed by atoms with E-state index in [-0.39, 0.29) is 0 Å². The molecule has 0 bridgehead atoms. The van der Waals surface area contributed by atoms with Crippen molar-refractivity contribution in [2.45, 2.75) is 27.3 Å². The van der Waals surface area contributed by atoms with Crippen LogP contribution < -0.4 is 10.2 Å². The molecule has 0 unspecified atom stereocenters. The number of hydrogen-bond donors (Lipinski definition) is 1. The SMILES string of the molecule is CCN(CC)c1ncc(CNc2ccc(C)cc2Cl)s1. The Morgan fingerprint density at radius 1 is 1.30 bits per heavy atom. The van der Waals surface area contributed by atoms with Crippen LogP contribution in [0.2, 0.25) is 5.02 Å². The van der Waals surface area contributed by atoms with Gasteiger partial charge in [-0.2, -0.15) is 0 Å². The molecule has 0 saturated heterocycles. The molecule has 0 fully saturated rings. The van der Waals surface area contributed by atoms with Crippen molar-refractivity contribution in [3.8, 4) is 0 Å². The predicted octanol–water partition coefficient (Wildman–Crippen LogP) is 4.56. The monoisotopic (exact) mass is 309 g/mol. The average molecular weight is 310 g/mol. The van der Waals surface area contributed by atoms with Gasteiger partial charge in [-0.05, 0) is 38.5 Å². The van der Waals surface area contributed by atoms with Gasteiger partial charge in [-0.1, -0.05) is 17.7 Å². The van der Waals surface area contributed by atoms with Crippen molar-refractivity contribution in [3.63, 3.8) is 0 Å². The van der Waals surface area contributed by atoms with Crippen LogP contribution in [0, 0.1) is 6.92 Å². The normalized spacial score (nSPS) is 10.6. The molecule has 0 atom stereocenters. The van der Waals surface area contributed by atoms with Gasteiger partial charge in [-0.15, -0.1) is 11.3 Å². The molecule has 0 aliphatic heterocycles. The summed E-state index contributed by atoms with van der Waals surface area (Å²) in [7, 11) is 0. The Labute approximate surface area is 129 Å². The minimum Gasteiger partial charge on any atom is -0.379 e. The van der Waals surface area contributed by atoms with Crippen molar-refractivity contribution in [1.82, 2.24) is 4.98 Å². The largest absolute Gasteiger partial charge is 0.379 e. The number of thiazole rings is 1. The molecule has 0 aliphatic carbocycles. The smallest absolute Gasteiger partial charge is 0.185 e. The van der Waals surface area contributed by atoms with Gasteiger partial charge in [0.1, 0.15) is 0 Å². The quantitative estimate of drug-likeness (QED) is 0.847. The van der Waals surface area contributed by atoms with Crippen LogP contribution in [0.3, 0.4) is 0 Å². The fourth-order valence-corrected chi connectivity index (χ4v) is 3.24. The number of aryl methyl sites for hydroxylation is 1. The molecule has 0 aliphatic rings. The second-order valence-corrected chi connectivity index (χ2v) is 6.12. The van der Waals surface area contributed by atoms with E-state index >= 15 is 0 Å². The molecule has 0 saturated carbocycles. The van der Waals surface area contributed by atoms with Gasteiger partial charge in [0, 0.05) is 24.2 Å². The van der Waals surface area contributed by atoms with E-state index in [4.69, 9.17) is 11.6 Å². The lowest BCUT2D eigenvalue weighted by Crippen LogP contribution is -2.21. The zero-order chi connectivity index (χ0) is 14.5. The van der Waals surface area contributed by atoms with Gasteiger partial charge < -0.3 is 10.2 Å². The highest BCUT2D eigenvalue weighted by molar-refractivity contribution is 7.15. The molecule has 1 heterocycles. The fraction of sp³-hybridized carbons (Fsp3) is 0.400. The molecule has 0 amide bonds. The van der Waals surface area contributed by atoms with Crippen molar-refractivity contribution in [1.29, 1.82) is 0 Å². The van der Waals surface area contributed by atoms with E-state index in [9.17, 15) is 0 Å². The highest BCUT2D eigenvalue weighted by Gasteiger charge is 2.08. The number of benzene rings is 1. The van der Waals surface area contributed by atoms with Crippen LogP contribution in [0.4, 0.5) is 10.8 Å². The van der Waals surface area contributed by atoms with Crippen LogP contribution >= 0.6 is 22.9 Å². The molecular formula is C15H20ClN3S. The lowest BCUT2D eigenvalue weighted by Gasteiger charge is -2.16. The summed E-state index contributed by atoms with van der Waals surface area (Å²) < 4.78 is 0. The van der Waals surface area contributed by atoms with Crippen LogP contribution in [0.1, 0.15) is 24.3 Å². The lowest BCUT2D eigenvalue weighted by atomic mass is 10.2. The van der Waals surface area contributed by atoms with Crippen LogP contribution in [0.5, 0.6) is 0 Å². The summed E-state index contributed by atoms with van der Waals surface area (Å²) in [5, 5.41) is 5.21. The van der Waals surface area contributed by atoms with Crippen LogP contribution in [0.15, 0.2) is 24.4 Å². The second-order valence-electron chi connectivity index (χ2n) is 4.62. The summed E-state index contributed by atoms with van der Waals surface area (Å²) in [5.74, 6) is 0. The van der Waals surface area contributed by atoms with Crippen molar-refractivity contribution in [3.05, 3.63) is 39.9 Å². The zero-order valence-electron chi connectivity index (χ0n) is 12.1. The Kier molecular flexibility index (Phi) is 5.26. The number of anilines is 2. The molecule has 0 radical (unpaired) electrons. The van der Waals surface area contributed by atoms with E-state index < -0.39 is 0 Å². The van der Waals surface area contributed by atoms with E-state index in [1.165, 1.54) is 10.4 Å². The Morgan fingerprint density at radius 3 is 2.70 bits per heavy atom. The fourth-order valence-electron chi connectivity index (χ4n) is 1.97. The van der Waals surface area contributed by atoms with E-state index in [2.05, 4.69) is 35.1 Å². The first kappa shape index (κ1) is 15.1. The number of aromatic nitrogens is 1. The molecule has 2 aromatic rings. The number of nitrogens with zero attached hydrogens (tertiary/aromatic N) is 2. The van der Waals surface area contributed by atoms with Gasteiger partial charge in [-0.25, -0.2) is 4.98 Å². The molecule has 1 N–H and O–H groups in total. The van der Waals surface area contributed by atoms with Gasteiger partial charge in [0.05, 0.1) is 17.3 Å². The lowest BCUT2D eigenvalue weighted by molar-refractivity contribution is 0.860. The Balaban J connectivity index is 2.00. The maximum Gasteiger partial charge on any atom is 0.185 e. The topological polar surface area (TPSA) is 28.2 Å². The minimum absolute atomic E-state index is 0.752. The molecular weight excluding hydrogens is 290 g/mol. The number of hydrogen-bond acceptors (Lipinski definition) is 4. The third kappa shape index (κ3) is 3.64. The van der Waals surface area contributed by atoms with E-state index in [1.807, 2.05) is 25.3 Å². The maximum atomic E-state index is 6.21.